The second-order valence-corrected chi connectivity index (χ2v) is 9.49. The van der Waals surface area contributed by atoms with Crippen LogP contribution in [0.15, 0.2) is 71.6 Å². The Hall–Kier alpha value is -4.25. The third kappa shape index (κ3) is 5.46. The van der Waals surface area contributed by atoms with E-state index in [1.54, 1.807) is 30.3 Å². The Labute approximate surface area is 202 Å². The highest BCUT2D eigenvalue weighted by atomic mass is 32.2. The average Bonchev–Trinajstić information content (AvgIpc) is 2.87. The predicted molar refractivity (Wildman–Crippen MR) is 130 cm³/mol. The summed E-state index contributed by atoms with van der Waals surface area (Å²) in [5, 5.41) is 0. The molecule has 0 bridgehead atoms. The van der Waals surface area contributed by atoms with Crippen LogP contribution in [0.5, 0.6) is 11.5 Å². The van der Waals surface area contributed by atoms with Crippen LogP contribution < -0.4 is 29.9 Å². The average molecular weight is 497 g/mol. The largest absolute Gasteiger partial charge is 0.486 e. The molecule has 1 heterocycles. The molecule has 0 aromatic heterocycles. The zero-order valence-electron chi connectivity index (χ0n) is 19.1. The molecule has 0 saturated heterocycles. The molecule has 3 N–H and O–H groups in total. The van der Waals surface area contributed by atoms with Crippen LogP contribution in [0, 0.1) is 0 Å². The van der Waals surface area contributed by atoms with E-state index in [1.165, 1.54) is 30.3 Å². The van der Waals surface area contributed by atoms with Crippen molar-refractivity contribution in [2.24, 2.45) is 0 Å². The molecule has 1 aliphatic rings. The van der Waals surface area contributed by atoms with Gasteiger partial charge < -0.3 is 14.4 Å². The number of amides is 2. The van der Waals surface area contributed by atoms with Crippen molar-refractivity contribution in [3.05, 3.63) is 77.9 Å². The number of carbonyl (C=O) groups is 2. The van der Waals surface area contributed by atoms with Crippen LogP contribution >= 0.6 is 0 Å². The highest BCUT2D eigenvalue weighted by Gasteiger charge is 2.22. The van der Waals surface area contributed by atoms with Crippen molar-refractivity contribution in [1.29, 1.82) is 0 Å². The predicted octanol–water partition coefficient (Wildman–Crippen LogP) is 2.40. The van der Waals surface area contributed by atoms with Crippen LogP contribution in [0.1, 0.15) is 20.7 Å². The van der Waals surface area contributed by atoms with Crippen LogP contribution in [0.3, 0.4) is 0 Å². The quantitative estimate of drug-likeness (QED) is 0.448. The van der Waals surface area contributed by atoms with Crippen LogP contribution in [-0.2, 0) is 10.0 Å². The Balaban J connectivity index is 1.48. The van der Waals surface area contributed by atoms with Gasteiger partial charge >= 0.3 is 0 Å². The number of hydrogen-bond donors (Lipinski definition) is 3. The summed E-state index contributed by atoms with van der Waals surface area (Å²) in [6.45, 7) is 0.704. The molecular formula is C24H24N4O6S. The van der Waals surface area contributed by atoms with Crippen LogP contribution in [0.25, 0.3) is 0 Å². The third-order valence-corrected chi connectivity index (χ3v) is 6.52. The smallest absolute Gasteiger partial charge is 0.271 e. The van der Waals surface area contributed by atoms with Crippen LogP contribution in [0.4, 0.5) is 11.4 Å². The van der Waals surface area contributed by atoms with E-state index >= 15 is 0 Å². The number of nitrogens with one attached hydrogen (secondary N) is 3. The van der Waals surface area contributed by atoms with Gasteiger partial charge in [0.05, 0.1) is 16.1 Å². The van der Waals surface area contributed by atoms with Crippen molar-refractivity contribution in [3.63, 3.8) is 0 Å². The molecule has 4 rings (SSSR count). The zero-order chi connectivity index (χ0) is 25.0. The number of rotatable bonds is 6. The lowest BCUT2D eigenvalue weighted by Crippen LogP contribution is -2.42. The summed E-state index contributed by atoms with van der Waals surface area (Å²) < 4.78 is 39.3. The maximum absolute atomic E-state index is 13.0. The standard InChI is InChI=1S/C24H24N4O6S/c1-28(2)17-7-5-6-16(14-17)23(29)25-26-24(30)19-8-3-4-9-20(19)27-35(31,32)18-10-11-21-22(15-18)34-13-12-33-21/h3-11,14-15,27H,12-13H2,1-2H3,(H,25,29)(H,26,30). The number of hydrazine groups is 1. The molecule has 0 unspecified atom stereocenters. The first-order valence-electron chi connectivity index (χ1n) is 10.6. The first kappa shape index (κ1) is 23.9. The molecule has 3 aromatic rings. The Bertz CT molecular complexity index is 1370. The Morgan fingerprint density at radius 1 is 0.829 bits per heavy atom. The number of para-hydroxylation sites is 1. The minimum Gasteiger partial charge on any atom is -0.486 e. The fraction of sp³-hybridized carbons (Fsp3) is 0.167. The van der Waals surface area contributed by atoms with E-state index < -0.39 is 21.8 Å². The molecule has 182 valence electrons. The number of ether oxygens (including phenoxy) is 2. The van der Waals surface area contributed by atoms with E-state index in [0.717, 1.165) is 5.69 Å². The van der Waals surface area contributed by atoms with E-state index in [0.29, 0.717) is 30.3 Å². The van der Waals surface area contributed by atoms with Gasteiger partial charge in [-0.05, 0) is 42.5 Å². The molecule has 0 fully saturated rings. The van der Waals surface area contributed by atoms with Crippen molar-refractivity contribution >= 4 is 33.2 Å². The summed E-state index contributed by atoms with van der Waals surface area (Å²) >= 11 is 0. The molecule has 35 heavy (non-hydrogen) atoms. The van der Waals surface area contributed by atoms with E-state index in [2.05, 4.69) is 15.6 Å². The van der Waals surface area contributed by atoms with Gasteiger partial charge in [-0.1, -0.05) is 18.2 Å². The molecule has 2 amide bonds. The second-order valence-electron chi connectivity index (χ2n) is 7.81. The summed E-state index contributed by atoms with van der Waals surface area (Å²) in [7, 11) is -0.350. The summed E-state index contributed by atoms with van der Waals surface area (Å²) in [5.74, 6) is -0.424. The first-order valence-corrected chi connectivity index (χ1v) is 12.1. The highest BCUT2D eigenvalue weighted by Crippen LogP contribution is 2.33. The number of hydrogen-bond acceptors (Lipinski definition) is 7. The third-order valence-electron chi connectivity index (χ3n) is 5.15. The first-order chi connectivity index (χ1) is 16.7. The van der Waals surface area contributed by atoms with Gasteiger partial charge in [-0.3, -0.25) is 25.2 Å². The van der Waals surface area contributed by atoms with Gasteiger partial charge in [0, 0.05) is 31.4 Å². The zero-order valence-corrected chi connectivity index (χ0v) is 19.9. The van der Waals surface area contributed by atoms with Gasteiger partial charge in [-0.2, -0.15) is 0 Å². The minimum atomic E-state index is -4.05. The van der Waals surface area contributed by atoms with Crippen molar-refractivity contribution in [2.45, 2.75) is 4.90 Å². The molecule has 0 saturated carbocycles. The van der Waals surface area contributed by atoms with Gasteiger partial charge in [0.15, 0.2) is 11.5 Å². The second kappa shape index (κ2) is 9.94. The van der Waals surface area contributed by atoms with Gasteiger partial charge in [0.25, 0.3) is 21.8 Å². The van der Waals surface area contributed by atoms with E-state index in [1.807, 2.05) is 25.1 Å². The maximum atomic E-state index is 13.0. The topological polar surface area (TPSA) is 126 Å². The summed E-state index contributed by atoms with van der Waals surface area (Å²) in [5.41, 5.74) is 5.93. The Kier molecular flexibility index (Phi) is 6.78. The lowest BCUT2D eigenvalue weighted by atomic mass is 10.1. The molecule has 11 heteroatoms. The normalized spacial score (nSPS) is 12.4. The Morgan fingerprint density at radius 3 is 2.31 bits per heavy atom. The number of sulfonamides is 1. The van der Waals surface area contributed by atoms with Crippen molar-refractivity contribution in [1.82, 2.24) is 10.9 Å². The minimum absolute atomic E-state index is 0.0240. The lowest BCUT2D eigenvalue weighted by molar-refractivity contribution is 0.0847. The maximum Gasteiger partial charge on any atom is 0.271 e. The van der Waals surface area contributed by atoms with Gasteiger partial charge in [-0.15, -0.1) is 0 Å². The van der Waals surface area contributed by atoms with Gasteiger partial charge in [-0.25, -0.2) is 8.42 Å². The molecule has 0 spiro atoms. The summed E-state index contributed by atoms with van der Waals surface area (Å²) in [4.78, 5) is 27.1. The molecule has 10 nitrogen and oxygen atoms in total. The number of benzene rings is 3. The number of carbonyl (C=O) groups excluding carboxylic acids is 2. The fourth-order valence-electron chi connectivity index (χ4n) is 3.34. The van der Waals surface area contributed by atoms with Gasteiger partial charge in [0.1, 0.15) is 13.2 Å². The van der Waals surface area contributed by atoms with E-state index in [9.17, 15) is 18.0 Å². The van der Waals surface area contributed by atoms with E-state index in [4.69, 9.17) is 9.47 Å². The van der Waals surface area contributed by atoms with Gasteiger partial charge in [0.2, 0.25) is 0 Å². The summed E-state index contributed by atoms with van der Waals surface area (Å²) in [6, 6.07) is 17.2. The molecule has 3 aromatic carbocycles. The highest BCUT2D eigenvalue weighted by molar-refractivity contribution is 7.92. The molecular weight excluding hydrogens is 472 g/mol. The number of anilines is 2. The monoisotopic (exact) mass is 496 g/mol. The molecule has 0 radical (unpaired) electrons. The summed E-state index contributed by atoms with van der Waals surface area (Å²) in [6.07, 6.45) is 0. The van der Waals surface area contributed by atoms with Crippen molar-refractivity contribution < 1.29 is 27.5 Å². The van der Waals surface area contributed by atoms with Crippen LogP contribution in [0.2, 0.25) is 0 Å². The van der Waals surface area contributed by atoms with Crippen molar-refractivity contribution in [3.8, 4) is 11.5 Å². The fourth-order valence-corrected chi connectivity index (χ4v) is 4.44. The molecule has 0 aliphatic carbocycles. The lowest BCUT2D eigenvalue weighted by Gasteiger charge is -2.19. The van der Waals surface area contributed by atoms with Crippen LogP contribution in [-0.4, -0.2) is 47.5 Å². The van der Waals surface area contributed by atoms with E-state index in [-0.39, 0.29) is 16.1 Å². The van der Waals surface area contributed by atoms with Crippen molar-refractivity contribution in [2.75, 3.05) is 36.9 Å². The Morgan fingerprint density at radius 2 is 1.54 bits per heavy atom. The number of fused-ring (bicyclic) bond motifs is 1. The number of nitrogens with zero attached hydrogens (tertiary/aromatic N) is 1. The molecule has 1 aliphatic heterocycles. The SMILES string of the molecule is CN(C)c1cccc(C(=O)NNC(=O)c2ccccc2NS(=O)(=O)c2ccc3c(c2)OCCO3)c1. The molecule has 0 atom stereocenters.